The molecule has 2 heterocycles. The van der Waals surface area contributed by atoms with Crippen LogP contribution in [0.4, 0.5) is 5.82 Å². The lowest BCUT2D eigenvalue weighted by molar-refractivity contribution is 0.270. The number of anilines is 1. The highest BCUT2D eigenvalue weighted by Gasteiger charge is 2.16. The zero-order valence-corrected chi connectivity index (χ0v) is 20.9. The first-order valence-corrected chi connectivity index (χ1v) is 10.8. The topological polar surface area (TPSA) is 65.0 Å². The third kappa shape index (κ3) is 8.53. The van der Waals surface area contributed by atoms with E-state index in [1.165, 1.54) is 5.56 Å². The molecule has 8 heteroatoms. The summed E-state index contributed by atoms with van der Waals surface area (Å²) in [5.74, 6) is 2.76. The van der Waals surface area contributed by atoms with Crippen LogP contribution in [-0.4, -0.2) is 68.8 Å². The SMILES string of the molecule is CCN1CCN(c2cc(CNC(=NC)NCCCOc3ccccc3)ccn2)CC1.I. The lowest BCUT2D eigenvalue weighted by Crippen LogP contribution is -2.46. The summed E-state index contributed by atoms with van der Waals surface area (Å²) in [5.41, 5.74) is 1.20. The maximum Gasteiger partial charge on any atom is 0.191 e. The molecule has 1 fully saturated rings. The number of rotatable bonds is 9. The van der Waals surface area contributed by atoms with Gasteiger partial charge in [0.25, 0.3) is 0 Å². The number of nitrogens with zero attached hydrogens (tertiary/aromatic N) is 4. The highest BCUT2D eigenvalue weighted by atomic mass is 127. The molecule has 0 radical (unpaired) electrons. The molecular formula is C23H35IN6O. The van der Waals surface area contributed by atoms with E-state index in [2.05, 4.69) is 49.5 Å². The van der Waals surface area contributed by atoms with E-state index >= 15 is 0 Å². The minimum atomic E-state index is 0. The summed E-state index contributed by atoms with van der Waals surface area (Å²) in [6.45, 7) is 9.80. The molecular weight excluding hydrogens is 503 g/mol. The van der Waals surface area contributed by atoms with Crippen molar-refractivity contribution in [1.82, 2.24) is 20.5 Å². The first-order valence-electron chi connectivity index (χ1n) is 10.8. The van der Waals surface area contributed by atoms with Gasteiger partial charge in [-0.15, -0.1) is 24.0 Å². The molecule has 170 valence electrons. The van der Waals surface area contributed by atoms with E-state index in [9.17, 15) is 0 Å². The quantitative estimate of drug-likeness (QED) is 0.222. The molecule has 1 aliphatic heterocycles. The Morgan fingerprint density at radius 2 is 1.87 bits per heavy atom. The first-order chi connectivity index (χ1) is 14.8. The number of halogens is 1. The fourth-order valence-corrected chi connectivity index (χ4v) is 3.43. The molecule has 0 bridgehead atoms. The Labute approximate surface area is 203 Å². The number of aliphatic imine (C=N–C) groups is 1. The van der Waals surface area contributed by atoms with Gasteiger partial charge in [-0.05, 0) is 42.8 Å². The van der Waals surface area contributed by atoms with Crippen LogP contribution >= 0.6 is 24.0 Å². The van der Waals surface area contributed by atoms with Gasteiger partial charge >= 0.3 is 0 Å². The molecule has 0 spiro atoms. The Balaban J connectivity index is 0.00000341. The smallest absolute Gasteiger partial charge is 0.191 e. The maximum atomic E-state index is 5.72. The molecule has 2 N–H and O–H groups in total. The number of ether oxygens (including phenoxy) is 1. The van der Waals surface area contributed by atoms with Gasteiger partial charge in [0, 0.05) is 52.5 Å². The number of hydrogen-bond donors (Lipinski definition) is 2. The third-order valence-electron chi connectivity index (χ3n) is 5.26. The molecule has 0 atom stereocenters. The number of pyridine rings is 1. The summed E-state index contributed by atoms with van der Waals surface area (Å²) in [6, 6.07) is 14.1. The van der Waals surface area contributed by atoms with E-state index in [4.69, 9.17) is 4.74 Å². The Morgan fingerprint density at radius 3 is 2.58 bits per heavy atom. The monoisotopic (exact) mass is 538 g/mol. The van der Waals surface area contributed by atoms with E-state index in [1.807, 2.05) is 36.5 Å². The van der Waals surface area contributed by atoms with Crippen LogP contribution in [0, 0.1) is 0 Å². The van der Waals surface area contributed by atoms with E-state index < -0.39 is 0 Å². The Bertz CT molecular complexity index is 781. The number of piperazine rings is 1. The average Bonchev–Trinajstić information content (AvgIpc) is 2.82. The lowest BCUT2D eigenvalue weighted by atomic mass is 10.2. The van der Waals surface area contributed by atoms with Gasteiger partial charge < -0.3 is 25.2 Å². The summed E-state index contributed by atoms with van der Waals surface area (Å²) < 4.78 is 5.72. The van der Waals surface area contributed by atoms with Crippen molar-refractivity contribution in [2.24, 2.45) is 4.99 Å². The summed E-state index contributed by atoms with van der Waals surface area (Å²) >= 11 is 0. The molecule has 2 aromatic rings. The molecule has 3 rings (SSSR count). The van der Waals surface area contributed by atoms with Gasteiger partial charge in [-0.2, -0.15) is 0 Å². The number of likely N-dealkylation sites (N-methyl/N-ethyl adjacent to an activating group) is 1. The molecule has 1 saturated heterocycles. The standard InChI is InChI=1S/C23H34N6O.HI/c1-3-28-13-15-29(16-14-28)22-18-20(10-12-25-22)19-27-23(24-2)26-11-7-17-30-21-8-5-4-6-9-21;/h4-6,8-10,12,18H,3,7,11,13-17,19H2,1-2H3,(H2,24,26,27);1H. The zero-order valence-electron chi connectivity index (χ0n) is 18.6. The van der Waals surface area contributed by atoms with Crippen molar-refractivity contribution in [1.29, 1.82) is 0 Å². The van der Waals surface area contributed by atoms with Crippen molar-refractivity contribution < 1.29 is 4.74 Å². The molecule has 0 aliphatic carbocycles. The Morgan fingerprint density at radius 1 is 1.10 bits per heavy atom. The van der Waals surface area contributed by atoms with Gasteiger partial charge in [0.15, 0.2) is 5.96 Å². The van der Waals surface area contributed by atoms with Crippen LogP contribution in [0.1, 0.15) is 18.9 Å². The number of para-hydroxylation sites is 1. The van der Waals surface area contributed by atoms with Crippen molar-refractivity contribution in [2.45, 2.75) is 19.9 Å². The van der Waals surface area contributed by atoms with Crippen molar-refractivity contribution >= 4 is 35.8 Å². The van der Waals surface area contributed by atoms with Crippen LogP contribution < -0.4 is 20.3 Å². The number of hydrogen-bond acceptors (Lipinski definition) is 5. The molecule has 31 heavy (non-hydrogen) atoms. The molecule has 7 nitrogen and oxygen atoms in total. The van der Waals surface area contributed by atoms with E-state index in [0.717, 1.165) is 63.2 Å². The van der Waals surface area contributed by atoms with Crippen molar-refractivity contribution in [3.05, 3.63) is 54.2 Å². The van der Waals surface area contributed by atoms with Crippen LogP contribution in [0.5, 0.6) is 5.75 Å². The fraction of sp³-hybridized carbons (Fsp3) is 0.478. The third-order valence-corrected chi connectivity index (χ3v) is 5.26. The summed E-state index contributed by atoms with van der Waals surface area (Å²) in [6.07, 6.45) is 2.80. The Hall–Kier alpha value is -2.07. The zero-order chi connectivity index (χ0) is 21.0. The molecule has 1 aromatic carbocycles. The second-order valence-electron chi connectivity index (χ2n) is 7.31. The second-order valence-corrected chi connectivity index (χ2v) is 7.31. The molecule has 0 saturated carbocycles. The fourth-order valence-electron chi connectivity index (χ4n) is 3.43. The largest absolute Gasteiger partial charge is 0.494 e. The molecule has 1 aromatic heterocycles. The second kappa shape index (κ2) is 14.1. The average molecular weight is 538 g/mol. The number of aromatic nitrogens is 1. The minimum absolute atomic E-state index is 0. The van der Waals surface area contributed by atoms with E-state index in [-0.39, 0.29) is 24.0 Å². The highest BCUT2D eigenvalue weighted by Crippen LogP contribution is 2.15. The first kappa shape index (κ1) is 25.2. The van der Waals surface area contributed by atoms with Crippen molar-refractivity contribution in [2.75, 3.05) is 57.8 Å². The van der Waals surface area contributed by atoms with Crippen molar-refractivity contribution in [3.63, 3.8) is 0 Å². The summed E-state index contributed by atoms with van der Waals surface area (Å²) in [4.78, 5) is 13.7. The van der Waals surface area contributed by atoms with Gasteiger partial charge in [0.2, 0.25) is 0 Å². The Kier molecular flexibility index (Phi) is 11.4. The van der Waals surface area contributed by atoms with Gasteiger partial charge in [-0.25, -0.2) is 4.98 Å². The molecule has 1 aliphatic rings. The van der Waals surface area contributed by atoms with Crippen LogP contribution in [-0.2, 0) is 6.54 Å². The highest BCUT2D eigenvalue weighted by molar-refractivity contribution is 14.0. The maximum absolute atomic E-state index is 5.72. The van der Waals surface area contributed by atoms with Gasteiger partial charge in [0.05, 0.1) is 6.61 Å². The predicted molar refractivity (Wildman–Crippen MR) is 139 cm³/mol. The predicted octanol–water partition coefficient (Wildman–Crippen LogP) is 2.98. The summed E-state index contributed by atoms with van der Waals surface area (Å²) in [7, 11) is 1.79. The number of benzene rings is 1. The minimum Gasteiger partial charge on any atom is -0.494 e. The van der Waals surface area contributed by atoms with Crippen molar-refractivity contribution in [3.8, 4) is 5.75 Å². The van der Waals surface area contributed by atoms with Crippen LogP contribution in [0.2, 0.25) is 0 Å². The normalized spacial score (nSPS) is 14.6. The van der Waals surface area contributed by atoms with E-state index in [1.54, 1.807) is 7.05 Å². The van der Waals surface area contributed by atoms with Gasteiger partial charge in [0.1, 0.15) is 11.6 Å². The van der Waals surface area contributed by atoms with Gasteiger partial charge in [-0.1, -0.05) is 25.1 Å². The summed E-state index contributed by atoms with van der Waals surface area (Å²) in [5, 5.41) is 6.73. The van der Waals surface area contributed by atoms with Crippen LogP contribution in [0.3, 0.4) is 0 Å². The molecule has 0 amide bonds. The molecule has 0 unspecified atom stereocenters. The lowest BCUT2D eigenvalue weighted by Gasteiger charge is -2.34. The van der Waals surface area contributed by atoms with E-state index in [0.29, 0.717) is 13.2 Å². The number of guanidine groups is 1. The van der Waals surface area contributed by atoms with Crippen LogP contribution in [0.25, 0.3) is 0 Å². The van der Waals surface area contributed by atoms with Crippen LogP contribution in [0.15, 0.2) is 53.7 Å². The van der Waals surface area contributed by atoms with Gasteiger partial charge in [-0.3, -0.25) is 4.99 Å². The number of nitrogens with one attached hydrogen (secondary N) is 2.